The first-order valence-corrected chi connectivity index (χ1v) is 5.87. The second-order valence-corrected chi connectivity index (χ2v) is 3.83. The number of aromatic hydroxyl groups is 1. The van der Waals surface area contributed by atoms with Crippen molar-refractivity contribution in [2.45, 2.75) is 0 Å². The Balaban J connectivity index is 0.000000262. The number of hydrogen-bond donors (Lipinski definition) is 3. The minimum atomic E-state index is -0.972. The highest BCUT2D eigenvalue weighted by Crippen LogP contribution is 2.10. The van der Waals surface area contributed by atoms with Gasteiger partial charge in [-0.1, -0.05) is 30.4 Å². The number of carboxylic acid groups (broad SMARTS) is 1. The van der Waals surface area contributed by atoms with Crippen molar-refractivity contribution in [3.05, 3.63) is 60.2 Å². The topological polar surface area (TPSA) is 104 Å². The average molecular weight is 287 g/mol. The van der Waals surface area contributed by atoms with Crippen LogP contribution in [0, 0.1) is 0 Å². The minimum absolute atomic E-state index is 0.211. The fraction of sp³-hybridized carbons (Fsp3) is 0. The minimum Gasteiger partial charge on any atom is -0.508 e. The van der Waals surface area contributed by atoms with Gasteiger partial charge in [-0.05, 0) is 17.7 Å². The molecule has 0 saturated heterocycles. The first-order valence-electron chi connectivity index (χ1n) is 5.87. The highest BCUT2D eigenvalue weighted by atomic mass is 16.4. The molecule has 0 aromatic heterocycles. The SMILES string of the molecule is O=C(O)C=CC=Cc1ccc(O)cc1.O=C1C=CC(=O)N1. The number of benzene rings is 1. The lowest BCUT2D eigenvalue weighted by Crippen LogP contribution is -2.19. The zero-order valence-corrected chi connectivity index (χ0v) is 10.9. The number of imide groups is 1. The Hall–Kier alpha value is -3.15. The third-order valence-corrected chi connectivity index (χ3v) is 2.16. The fourth-order valence-corrected chi connectivity index (χ4v) is 1.25. The number of allylic oxidation sites excluding steroid dienone is 2. The van der Waals surface area contributed by atoms with Gasteiger partial charge in [0.15, 0.2) is 0 Å². The normalized spacial score (nSPS) is 13.3. The molecule has 0 radical (unpaired) electrons. The molecule has 0 bridgehead atoms. The van der Waals surface area contributed by atoms with Crippen LogP contribution in [0.15, 0.2) is 54.6 Å². The Morgan fingerprint density at radius 1 is 1.00 bits per heavy atom. The van der Waals surface area contributed by atoms with Gasteiger partial charge in [-0.15, -0.1) is 0 Å². The molecule has 3 N–H and O–H groups in total. The lowest BCUT2D eigenvalue weighted by molar-refractivity contribution is -0.131. The molecule has 6 nitrogen and oxygen atoms in total. The van der Waals surface area contributed by atoms with Crippen LogP contribution in [0.3, 0.4) is 0 Å². The molecule has 108 valence electrons. The first kappa shape index (κ1) is 15.9. The van der Waals surface area contributed by atoms with E-state index in [4.69, 9.17) is 10.2 Å². The van der Waals surface area contributed by atoms with E-state index in [1.807, 2.05) is 5.32 Å². The van der Waals surface area contributed by atoms with Crippen LogP contribution < -0.4 is 5.32 Å². The Morgan fingerprint density at radius 3 is 2.00 bits per heavy atom. The summed E-state index contributed by atoms with van der Waals surface area (Å²) in [5, 5.41) is 19.3. The number of aliphatic carboxylic acids is 1. The van der Waals surface area contributed by atoms with Gasteiger partial charge >= 0.3 is 5.97 Å². The van der Waals surface area contributed by atoms with Crippen molar-refractivity contribution >= 4 is 23.9 Å². The van der Waals surface area contributed by atoms with E-state index in [-0.39, 0.29) is 17.6 Å². The summed E-state index contributed by atoms with van der Waals surface area (Å²) in [5.74, 6) is -1.42. The van der Waals surface area contributed by atoms with Gasteiger partial charge in [0.05, 0.1) is 0 Å². The standard InChI is InChI=1S/C11H10O3.C4H3NO2/c12-10-7-5-9(6-8-10)3-1-2-4-11(13)14;6-3-1-2-4(7)5-3/h1-8,12H,(H,13,14);1-2H,(H,5,6,7). The zero-order valence-electron chi connectivity index (χ0n) is 10.9. The third-order valence-electron chi connectivity index (χ3n) is 2.16. The number of carbonyl (C=O) groups is 3. The van der Waals surface area contributed by atoms with E-state index < -0.39 is 5.97 Å². The number of rotatable bonds is 3. The molecule has 6 heteroatoms. The number of carbonyl (C=O) groups excluding carboxylic acids is 2. The monoisotopic (exact) mass is 287 g/mol. The van der Waals surface area contributed by atoms with Gasteiger partial charge in [-0.3, -0.25) is 14.9 Å². The average Bonchev–Trinajstić information content (AvgIpc) is 2.81. The van der Waals surface area contributed by atoms with Gasteiger partial charge < -0.3 is 10.2 Å². The van der Waals surface area contributed by atoms with E-state index in [1.54, 1.807) is 36.4 Å². The second-order valence-electron chi connectivity index (χ2n) is 3.83. The van der Waals surface area contributed by atoms with Crippen molar-refractivity contribution in [2.24, 2.45) is 0 Å². The highest BCUT2D eigenvalue weighted by molar-refractivity contribution is 6.12. The van der Waals surface area contributed by atoms with Gasteiger partial charge in [0, 0.05) is 18.2 Å². The lowest BCUT2D eigenvalue weighted by atomic mass is 10.2. The summed E-state index contributed by atoms with van der Waals surface area (Å²) >= 11 is 0. The quantitative estimate of drug-likeness (QED) is 0.441. The number of amides is 2. The van der Waals surface area contributed by atoms with E-state index in [2.05, 4.69) is 0 Å². The molecule has 21 heavy (non-hydrogen) atoms. The van der Waals surface area contributed by atoms with E-state index in [0.29, 0.717) is 0 Å². The molecule has 1 aliphatic rings. The molecule has 2 amide bonds. The molecule has 0 spiro atoms. The molecule has 0 atom stereocenters. The predicted molar refractivity (Wildman–Crippen MR) is 76.2 cm³/mol. The smallest absolute Gasteiger partial charge is 0.328 e. The largest absolute Gasteiger partial charge is 0.508 e. The molecule has 0 saturated carbocycles. The first-order chi connectivity index (χ1) is 9.97. The molecule has 2 rings (SSSR count). The highest BCUT2D eigenvalue weighted by Gasteiger charge is 2.06. The maximum Gasteiger partial charge on any atom is 0.328 e. The second kappa shape index (κ2) is 8.11. The summed E-state index contributed by atoms with van der Waals surface area (Å²) in [7, 11) is 0. The Bertz CT molecular complexity index is 595. The number of phenolic OH excluding ortho intramolecular Hbond substituents is 1. The summed E-state index contributed by atoms with van der Waals surface area (Å²) < 4.78 is 0. The third kappa shape index (κ3) is 7.12. The predicted octanol–water partition coefficient (Wildman–Crippen LogP) is 1.25. The summed E-state index contributed by atoms with van der Waals surface area (Å²) in [4.78, 5) is 30.2. The Morgan fingerprint density at radius 2 is 1.57 bits per heavy atom. The van der Waals surface area contributed by atoms with E-state index >= 15 is 0 Å². The molecule has 0 fully saturated rings. The molecule has 0 aliphatic carbocycles. The molecule has 1 aromatic carbocycles. The van der Waals surface area contributed by atoms with Gasteiger partial charge in [-0.25, -0.2) is 4.79 Å². The summed E-state index contributed by atoms with van der Waals surface area (Å²) in [6.45, 7) is 0. The molecule has 1 heterocycles. The lowest BCUT2D eigenvalue weighted by Gasteiger charge is -1.92. The maximum atomic E-state index is 10.1. The van der Waals surface area contributed by atoms with Crippen molar-refractivity contribution in [1.82, 2.24) is 5.32 Å². The fourth-order valence-electron chi connectivity index (χ4n) is 1.25. The van der Waals surface area contributed by atoms with Crippen LogP contribution in [0.25, 0.3) is 6.08 Å². The number of nitrogens with one attached hydrogen (secondary N) is 1. The van der Waals surface area contributed by atoms with Crippen molar-refractivity contribution < 1.29 is 24.6 Å². The van der Waals surface area contributed by atoms with Gasteiger partial charge in [-0.2, -0.15) is 0 Å². The maximum absolute atomic E-state index is 10.1. The van der Waals surface area contributed by atoms with Gasteiger partial charge in [0.25, 0.3) is 11.8 Å². The van der Waals surface area contributed by atoms with E-state index in [0.717, 1.165) is 11.6 Å². The summed E-state index contributed by atoms with van der Waals surface area (Å²) in [6.07, 6.45) is 8.26. The van der Waals surface area contributed by atoms with Crippen LogP contribution in [-0.2, 0) is 14.4 Å². The van der Waals surface area contributed by atoms with Crippen LogP contribution in [-0.4, -0.2) is 28.0 Å². The van der Waals surface area contributed by atoms with E-state index in [9.17, 15) is 14.4 Å². The van der Waals surface area contributed by atoms with Gasteiger partial charge in [0.1, 0.15) is 5.75 Å². The Labute approximate surface area is 120 Å². The van der Waals surface area contributed by atoms with Crippen LogP contribution >= 0.6 is 0 Å². The molecular weight excluding hydrogens is 274 g/mol. The van der Waals surface area contributed by atoms with Crippen molar-refractivity contribution in [1.29, 1.82) is 0 Å². The van der Waals surface area contributed by atoms with Crippen LogP contribution in [0.5, 0.6) is 5.75 Å². The van der Waals surface area contributed by atoms with E-state index in [1.165, 1.54) is 18.2 Å². The molecule has 0 unspecified atom stereocenters. The molecule has 1 aromatic rings. The number of phenols is 1. The van der Waals surface area contributed by atoms with Crippen LogP contribution in [0.4, 0.5) is 0 Å². The Kier molecular flexibility index (Phi) is 6.14. The molecule has 1 aliphatic heterocycles. The van der Waals surface area contributed by atoms with Crippen molar-refractivity contribution in [2.75, 3.05) is 0 Å². The van der Waals surface area contributed by atoms with Crippen LogP contribution in [0.2, 0.25) is 0 Å². The van der Waals surface area contributed by atoms with Crippen LogP contribution in [0.1, 0.15) is 5.56 Å². The summed E-state index contributed by atoms with van der Waals surface area (Å²) in [6, 6.07) is 6.61. The van der Waals surface area contributed by atoms with Crippen molar-refractivity contribution in [3.8, 4) is 5.75 Å². The number of carboxylic acids is 1. The van der Waals surface area contributed by atoms with Gasteiger partial charge in [0.2, 0.25) is 0 Å². The molecular formula is C15H13NO5. The van der Waals surface area contributed by atoms with Crippen molar-refractivity contribution in [3.63, 3.8) is 0 Å². The summed E-state index contributed by atoms with van der Waals surface area (Å²) in [5.41, 5.74) is 0.901. The zero-order chi connectivity index (χ0) is 15.7. The number of hydrogen-bond acceptors (Lipinski definition) is 4.